The van der Waals surface area contributed by atoms with Crippen LogP contribution < -0.4 is 15.9 Å². The van der Waals surface area contributed by atoms with E-state index in [1.165, 1.54) is 17.8 Å². The third-order valence-corrected chi connectivity index (χ3v) is 6.06. The molecule has 2 aromatic rings. The normalized spacial score (nSPS) is 18.0. The molecule has 144 valence electrons. The van der Waals surface area contributed by atoms with Crippen molar-refractivity contribution < 1.29 is 15.0 Å². The number of halogens is 2. The van der Waals surface area contributed by atoms with Crippen molar-refractivity contribution in [1.82, 2.24) is 10.3 Å². The number of rotatable bonds is 2. The molecule has 2 aromatic carbocycles. The molecule has 0 aliphatic carbocycles. The van der Waals surface area contributed by atoms with Crippen molar-refractivity contribution in [3.8, 4) is 11.5 Å². The van der Waals surface area contributed by atoms with Crippen LogP contribution in [0.15, 0.2) is 49.4 Å². The zero-order valence-corrected chi connectivity index (χ0v) is 18.5. The molecular weight excluding hydrogens is 512 g/mol. The topological polar surface area (TPSA) is 97.5 Å². The summed E-state index contributed by atoms with van der Waals surface area (Å²) in [5.74, 6) is -0.0589. The number of phenolic OH excluding ortho intramolecular Hbond substituents is 2. The molecule has 0 saturated heterocycles. The van der Waals surface area contributed by atoms with Gasteiger partial charge in [-0.3, -0.25) is 15.1 Å². The maximum Gasteiger partial charge on any atom is 0.276 e. The van der Waals surface area contributed by atoms with E-state index >= 15 is 0 Å². The van der Waals surface area contributed by atoms with E-state index in [1.807, 2.05) is 25.1 Å². The van der Waals surface area contributed by atoms with E-state index in [9.17, 15) is 15.0 Å². The van der Waals surface area contributed by atoms with E-state index in [4.69, 9.17) is 4.99 Å². The van der Waals surface area contributed by atoms with Gasteiger partial charge in [0.1, 0.15) is 5.70 Å². The summed E-state index contributed by atoms with van der Waals surface area (Å²) in [7, 11) is 0. The molecule has 1 atom stereocenters. The lowest BCUT2D eigenvalue weighted by Gasteiger charge is -2.34. The highest BCUT2D eigenvalue weighted by atomic mass is 79.9. The quantitative estimate of drug-likeness (QED) is 0.523. The van der Waals surface area contributed by atoms with Crippen LogP contribution in [0.4, 0.5) is 0 Å². The van der Waals surface area contributed by atoms with Crippen LogP contribution in [0.2, 0.25) is 0 Å². The first-order valence-electron chi connectivity index (χ1n) is 8.30. The number of hydrogen-bond acceptors (Lipinski definition) is 7. The molecule has 10 heteroatoms. The lowest BCUT2D eigenvalue weighted by Crippen LogP contribution is -2.50. The van der Waals surface area contributed by atoms with E-state index in [-0.39, 0.29) is 17.4 Å². The number of hydrazone groups is 1. The molecule has 0 spiro atoms. The Morgan fingerprint density at radius 1 is 1.25 bits per heavy atom. The van der Waals surface area contributed by atoms with E-state index < -0.39 is 6.17 Å². The number of amidine groups is 1. The van der Waals surface area contributed by atoms with Gasteiger partial charge in [0.2, 0.25) is 0 Å². The predicted octanol–water partition coefficient (Wildman–Crippen LogP) is 2.52. The summed E-state index contributed by atoms with van der Waals surface area (Å²) in [5, 5.41) is 30.7. The summed E-state index contributed by atoms with van der Waals surface area (Å²) in [6.07, 6.45) is -0.676. The van der Waals surface area contributed by atoms with Crippen molar-refractivity contribution in [3.05, 3.63) is 55.4 Å². The molecule has 0 bridgehead atoms. The standard InChI is InChI=1S/C18H14Br2N4O3S/c1-2-28-18-22-17(27)14-10-7-9(19)3-4-12(10)21-16(24(14)23-18)8-5-11(20)15(26)13(25)6-8/h3-7,16,25-26H,2H2,1H3,(H,22,23,27)/t16-/m0/s1. The van der Waals surface area contributed by atoms with Crippen LogP contribution in [-0.4, -0.2) is 32.0 Å². The molecule has 7 nitrogen and oxygen atoms in total. The summed E-state index contributed by atoms with van der Waals surface area (Å²) in [5.41, 5.74) is 0.952. The molecule has 28 heavy (non-hydrogen) atoms. The molecule has 2 aliphatic rings. The maximum absolute atomic E-state index is 12.9. The molecular formula is C18H14Br2N4O3S. The number of thioether (sulfide) groups is 1. The van der Waals surface area contributed by atoms with E-state index in [1.54, 1.807) is 11.1 Å². The SMILES string of the molecule is CCSC1=NN2C(=c3cc(Br)ccc3=N[C@@H]2c2cc(O)c(O)c(Br)c2)C(=O)N1. The minimum absolute atomic E-state index is 0.254. The second kappa shape index (κ2) is 7.41. The van der Waals surface area contributed by atoms with Gasteiger partial charge in [0, 0.05) is 15.3 Å². The number of nitrogens with one attached hydrogen (secondary N) is 1. The number of fused-ring (bicyclic) bond motifs is 2. The summed E-state index contributed by atoms with van der Waals surface area (Å²) < 4.78 is 1.15. The highest BCUT2D eigenvalue weighted by Gasteiger charge is 2.35. The van der Waals surface area contributed by atoms with Gasteiger partial charge in [-0.2, -0.15) is 0 Å². The average Bonchev–Trinajstić information content (AvgIpc) is 2.65. The van der Waals surface area contributed by atoms with Crippen LogP contribution in [-0.2, 0) is 4.79 Å². The van der Waals surface area contributed by atoms with Gasteiger partial charge in [0.15, 0.2) is 22.8 Å². The molecule has 3 N–H and O–H groups in total. The molecule has 4 rings (SSSR count). The molecule has 0 radical (unpaired) electrons. The number of phenols is 2. The fourth-order valence-electron chi connectivity index (χ4n) is 3.02. The number of hydrogen-bond donors (Lipinski definition) is 3. The number of amides is 1. The van der Waals surface area contributed by atoms with Crippen LogP contribution in [0.1, 0.15) is 18.7 Å². The van der Waals surface area contributed by atoms with E-state index in [2.05, 4.69) is 42.3 Å². The van der Waals surface area contributed by atoms with Crippen molar-refractivity contribution in [3.63, 3.8) is 0 Å². The minimum atomic E-state index is -0.676. The monoisotopic (exact) mass is 524 g/mol. The third kappa shape index (κ3) is 3.29. The number of aromatic hydroxyl groups is 2. The van der Waals surface area contributed by atoms with Gasteiger partial charge in [0.05, 0.1) is 9.83 Å². The van der Waals surface area contributed by atoms with Crippen LogP contribution >= 0.6 is 43.6 Å². The summed E-state index contributed by atoms with van der Waals surface area (Å²) in [4.78, 5) is 17.7. The fourth-order valence-corrected chi connectivity index (χ4v) is 4.44. The van der Waals surface area contributed by atoms with Crippen molar-refractivity contribution in [2.45, 2.75) is 13.1 Å². The Kier molecular flexibility index (Phi) is 5.11. The smallest absolute Gasteiger partial charge is 0.276 e. The van der Waals surface area contributed by atoms with Gasteiger partial charge in [0.25, 0.3) is 5.91 Å². The Morgan fingerprint density at radius 3 is 2.75 bits per heavy atom. The van der Waals surface area contributed by atoms with Crippen molar-refractivity contribution >= 4 is 60.4 Å². The van der Waals surface area contributed by atoms with E-state index in [0.717, 1.165) is 10.2 Å². The van der Waals surface area contributed by atoms with Crippen LogP contribution in [0.5, 0.6) is 11.5 Å². The predicted molar refractivity (Wildman–Crippen MR) is 114 cm³/mol. The van der Waals surface area contributed by atoms with Gasteiger partial charge < -0.3 is 10.2 Å². The molecule has 1 amide bonds. The molecule has 0 aromatic heterocycles. The number of carbonyl (C=O) groups is 1. The van der Waals surface area contributed by atoms with Crippen molar-refractivity contribution in [2.24, 2.45) is 10.1 Å². The largest absolute Gasteiger partial charge is 0.504 e. The van der Waals surface area contributed by atoms with Gasteiger partial charge in [-0.05, 0) is 52.0 Å². The first-order valence-corrected chi connectivity index (χ1v) is 10.9. The Hall–Kier alpha value is -2.04. The minimum Gasteiger partial charge on any atom is -0.504 e. The Labute approximate surface area is 181 Å². The first kappa shape index (κ1) is 19.3. The van der Waals surface area contributed by atoms with Crippen LogP contribution in [0.3, 0.4) is 0 Å². The molecule has 0 fully saturated rings. The molecule has 0 saturated carbocycles. The summed E-state index contributed by atoms with van der Waals surface area (Å²) in [6, 6.07) is 8.57. The van der Waals surface area contributed by atoms with Gasteiger partial charge in [-0.1, -0.05) is 34.6 Å². The van der Waals surface area contributed by atoms with Crippen molar-refractivity contribution in [1.29, 1.82) is 0 Å². The second-order valence-corrected chi connectivity index (χ2v) is 9.04. The summed E-state index contributed by atoms with van der Waals surface area (Å²) in [6.45, 7) is 1.97. The number of carbonyl (C=O) groups excluding carboxylic acids is 1. The first-order chi connectivity index (χ1) is 13.4. The lowest BCUT2D eigenvalue weighted by atomic mass is 10.1. The zero-order valence-electron chi connectivity index (χ0n) is 14.5. The lowest BCUT2D eigenvalue weighted by molar-refractivity contribution is -0.116. The van der Waals surface area contributed by atoms with Gasteiger partial charge in [-0.25, -0.2) is 5.01 Å². The molecule has 0 unspecified atom stereocenters. The van der Waals surface area contributed by atoms with Crippen molar-refractivity contribution in [2.75, 3.05) is 5.75 Å². The highest BCUT2D eigenvalue weighted by molar-refractivity contribution is 9.10. The maximum atomic E-state index is 12.9. The second-order valence-electron chi connectivity index (χ2n) is 6.02. The highest BCUT2D eigenvalue weighted by Crippen LogP contribution is 2.39. The Balaban J connectivity index is 1.98. The zero-order chi connectivity index (χ0) is 20.0. The average molecular weight is 526 g/mol. The van der Waals surface area contributed by atoms with Gasteiger partial charge in [-0.15, -0.1) is 5.10 Å². The van der Waals surface area contributed by atoms with Crippen LogP contribution in [0, 0.1) is 0 Å². The summed E-state index contributed by atoms with van der Waals surface area (Å²) >= 11 is 8.09. The number of benzene rings is 2. The fraction of sp³-hybridized carbons (Fsp3) is 0.167. The number of nitrogens with zero attached hydrogens (tertiary/aromatic N) is 3. The van der Waals surface area contributed by atoms with Gasteiger partial charge >= 0.3 is 0 Å². The van der Waals surface area contributed by atoms with Crippen LogP contribution in [0.25, 0.3) is 5.70 Å². The molecule has 2 heterocycles. The Morgan fingerprint density at radius 2 is 2.04 bits per heavy atom. The van der Waals surface area contributed by atoms with E-state index in [0.29, 0.717) is 31.5 Å². The third-order valence-electron chi connectivity index (χ3n) is 4.21. The molecule has 2 aliphatic heterocycles. The Bertz CT molecular complexity index is 1130.